The molecule has 110 valence electrons. The van der Waals surface area contributed by atoms with Gasteiger partial charge in [0.2, 0.25) is 5.91 Å². The van der Waals surface area contributed by atoms with Crippen molar-refractivity contribution in [1.82, 2.24) is 5.32 Å². The van der Waals surface area contributed by atoms with Crippen LogP contribution in [0.25, 0.3) is 0 Å². The van der Waals surface area contributed by atoms with Gasteiger partial charge in [0.15, 0.2) is 0 Å². The average molecular weight is 275 g/mol. The lowest BCUT2D eigenvalue weighted by molar-refractivity contribution is -0.121. The van der Waals surface area contributed by atoms with E-state index in [0.717, 1.165) is 35.6 Å². The van der Waals surface area contributed by atoms with Gasteiger partial charge >= 0.3 is 0 Å². The molecule has 20 heavy (non-hydrogen) atoms. The fourth-order valence-corrected chi connectivity index (χ4v) is 3.01. The molecule has 0 bridgehead atoms. The Bertz CT molecular complexity index is 470. The highest BCUT2D eigenvalue weighted by Gasteiger charge is 2.20. The Kier molecular flexibility index (Phi) is 5.05. The summed E-state index contributed by atoms with van der Waals surface area (Å²) in [5.74, 6) is 1.71. The number of hydrogen-bond acceptors (Lipinski definition) is 2. The van der Waals surface area contributed by atoms with Gasteiger partial charge in [0.05, 0.1) is 13.5 Å². The van der Waals surface area contributed by atoms with Crippen LogP contribution in [-0.2, 0) is 11.2 Å². The van der Waals surface area contributed by atoms with E-state index in [4.69, 9.17) is 4.74 Å². The van der Waals surface area contributed by atoms with E-state index in [1.54, 1.807) is 7.11 Å². The number of nitrogens with one attached hydrogen (secondary N) is 1. The van der Waals surface area contributed by atoms with Crippen LogP contribution < -0.4 is 10.1 Å². The van der Waals surface area contributed by atoms with Gasteiger partial charge in [0.25, 0.3) is 0 Å². The lowest BCUT2D eigenvalue weighted by Crippen LogP contribution is -2.38. The topological polar surface area (TPSA) is 38.3 Å². The monoisotopic (exact) mass is 275 g/mol. The number of aryl methyl sites for hydroxylation is 1. The summed E-state index contributed by atoms with van der Waals surface area (Å²) in [7, 11) is 1.66. The van der Waals surface area contributed by atoms with Gasteiger partial charge in [-0.15, -0.1) is 0 Å². The first-order valence-electron chi connectivity index (χ1n) is 7.51. The van der Waals surface area contributed by atoms with E-state index in [9.17, 15) is 4.79 Å². The highest BCUT2D eigenvalue weighted by atomic mass is 16.5. The molecule has 2 unspecified atom stereocenters. The van der Waals surface area contributed by atoms with Gasteiger partial charge in [-0.1, -0.05) is 25.8 Å². The standard InChI is InChI=1S/C17H25NO2/c1-12-5-4-6-15(9-12)18-17(19)11-14-7-8-16(20-3)10-13(14)2/h7-8,10,12,15H,4-6,9,11H2,1-3H3,(H,18,19). The zero-order valence-corrected chi connectivity index (χ0v) is 12.7. The number of hydrogen-bond donors (Lipinski definition) is 1. The minimum atomic E-state index is 0.136. The van der Waals surface area contributed by atoms with Crippen molar-refractivity contribution >= 4 is 5.91 Å². The second-order valence-electron chi connectivity index (χ2n) is 6.01. The average Bonchev–Trinajstić information content (AvgIpc) is 2.41. The smallest absolute Gasteiger partial charge is 0.224 e. The zero-order valence-electron chi connectivity index (χ0n) is 12.7. The Morgan fingerprint density at radius 3 is 2.85 bits per heavy atom. The first kappa shape index (κ1) is 14.9. The number of benzene rings is 1. The third kappa shape index (κ3) is 3.99. The molecule has 0 aliphatic heterocycles. The van der Waals surface area contributed by atoms with Crippen molar-refractivity contribution in [2.24, 2.45) is 5.92 Å². The molecular formula is C17H25NO2. The Morgan fingerprint density at radius 1 is 1.40 bits per heavy atom. The maximum absolute atomic E-state index is 12.2. The minimum absolute atomic E-state index is 0.136. The van der Waals surface area contributed by atoms with Crippen molar-refractivity contribution in [3.63, 3.8) is 0 Å². The van der Waals surface area contributed by atoms with Crippen LogP contribution in [0.3, 0.4) is 0 Å². The molecule has 1 saturated carbocycles. The van der Waals surface area contributed by atoms with Crippen LogP contribution in [0.1, 0.15) is 43.7 Å². The van der Waals surface area contributed by atoms with Gasteiger partial charge in [-0.3, -0.25) is 4.79 Å². The van der Waals surface area contributed by atoms with Crippen molar-refractivity contribution in [3.8, 4) is 5.75 Å². The van der Waals surface area contributed by atoms with E-state index in [1.807, 2.05) is 25.1 Å². The fourth-order valence-electron chi connectivity index (χ4n) is 3.01. The highest BCUT2D eigenvalue weighted by molar-refractivity contribution is 5.79. The third-order valence-corrected chi connectivity index (χ3v) is 4.20. The quantitative estimate of drug-likeness (QED) is 0.916. The minimum Gasteiger partial charge on any atom is -0.497 e. The summed E-state index contributed by atoms with van der Waals surface area (Å²) in [6.45, 7) is 4.29. The molecule has 1 aromatic carbocycles. The second kappa shape index (κ2) is 6.78. The molecular weight excluding hydrogens is 250 g/mol. The van der Waals surface area contributed by atoms with E-state index in [-0.39, 0.29) is 5.91 Å². The largest absolute Gasteiger partial charge is 0.497 e. The third-order valence-electron chi connectivity index (χ3n) is 4.20. The summed E-state index contributed by atoms with van der Waals surface area (Å²) in [4.78, 5) is 12.2. The molecule has 3 heteroatoms. The molecule has 1 aliphatic rings. The molecule has 0 radical (unpaired) electrons. The van der Waals surface area contributed by atoms with E-state index in [1.165, 1.54) is 12.8 Å². The second-order valence-corrected chi connectivity index (χ2v) is 6.01. The van der Waals surface area contributed by atoms with Gasteiger partial charge in [-0.25, -0.2) is 0 Å². The summed E-state index contributed by atoms with van der Waals surface area (Å²) in [6, 6.07) is 6.24. The first-order valence-corrected chi connectivity index (χ1v) is 7.51. The summed E-state index contributed by atoms with van der Waals surface area (Å²) in [6.07, 6.45) is 5.23. The fraction of sp³-hybridized carbons (Fsp3) is 0.588. The Hall–Kier alpha value is -1.51. The van der Waals surface area contributed by atoms with Gasteiger partial charge in [0, 0.05) is 6.04 Å². The molecule has 1 N–H and O–H groups in total. The molecule has 2 atom stereocenters. The molecule has 1 amide bonds. The van der Waals surface area contributed by atoms with E-state index >= 15 is 0 Å². The highest BCUT2D eigenvalue weighted by Crippen LogP contribution is 2.23. The molecule has 2 rings (SSSR count). The molecule has 1 aromatic rings. The predicted molar refractivity (Wildman–Crippen MR) is 81.0 cm³/mol. The number of rotatable bonds is 4. The van der Waals surface area contributed by atoms with Crippen molar-refractivity contribution < 1.29 is 9.53 Å². The summed E-state index contributed by atoms with van der Waals surface area (Å²) in [5.41, 5.74) is 2.18. The maximum Gasteiger partial charge on any atom is 0.224 e. The van der Waals surface area contributed by atoms with Crippen LogP contribution in [0.4, 0.5) is 0 Å². The Balaban J connectivity index is 1.91. The van der Waals surface area contributed by atoms with E-state index < -0.39 is 0 Å². The lowest BCUT2D eigenvalue weighted by atomic mass is 9.87. The van der Waals surface area contributed by atoms with Gasteiger partial charge in [-0.2, -0.15) is 0 Å². The lowest BCUT2D eigenvalue weighted by Gasteiger charge is -2.27. The van der Waals surface area contributed by atoms with Crippen LogP contribution >= 0.6 is 0 Å². The number of carbonyl (C=O) groups is 1. The molecule has 0 aromatic heterocycles. The van der Waals surface area contributed by atoms with Crippen molar-refractivity contribution in [1.29, 1.82) is 0 Å². The molecule has 3 nitrogen and oxygen atoms in total. The summed E-state index contributed by atoms with van der Waals surface area (Å²) >= 11 is 0. The van der Waals surface area contributed by atoms with Crippen molar-refractivity contribution in [2.45, 2.75) is 52.0 Å². The zero-order chi connectivity index (χ0) is 14.5. The number of amides is 1. The van der Waals surface area contributed by atoms with Gasteiger partial charge < -0.3 is 10.1 Å². The van der Waals surface area contributed by atoms with Crippen LogP contribution in [0, 0.1) is 12.8 Å². The predicted octanol–water partition coefficient (Wildman–Crippen LogP) is 3.24. The summed E-state index contributed by atoms with van der Waals surface area (Å²) < 4.78 is 5.19. The van der Waals surface area contributed by atoms with Crippen LogP contribution in [0.15, 0.2) is 18.2 Å². The molecule has 0 heterocycles. The molecule has 1 fully saturated rings. The number of ether oxygens (including phenoxy) is 1. The first-order chi connectivity index (χ1) is 9.58. The Labute approximate surface area is 121 Å². The van der Waals surface area contributed by atoms with Gasteiger partial charge in [-0.05, 0) is 48.9 Å². The molecule has 1 aliphatic carbocycles. The van der Waals surface area contributed by atoms with Crippen LogP contribution in [-0.4, -0.2) is 19.1 Å². The van der Waals surface area contributed by atoms with Crippen molar-refractivity contribution in [2.75, 3.05) is 7.11 Å². The van der Waals surface area contributed by atoms with E-state index in [0.29, 0.717) is 12.5 Å². The van der Waals surface area contributed by atoms with Crippen LogP contribution in [0.5, 0.6) is 5.75 Å². The molecule has 0 spiro atoms. The molecule has 0 saturated heterocycles. The normalized spacial score (nSPS) is 22.4. The maximum atomic E-state index is 12.2. The van der Waals surface area contributed by atoms with Gasteiger partial charge in [0.1, 0.15) is 5.75 Å². The number of methoxy groups -OCH3 is 1. The SMILES string of the molecule is COc1ccc(CC(=O)NC2CCCC(C)C2)c(C)c1. The van der Waals surface area contributed by atoms with Crippen molar-refractivity contribution in [3.05, 3.63) is 29.3 Å². The summed E-state index contributed by atoms with van der Waals surface area (Å²) in [5, 5.41) is 3.18. The number of carbonyl (C=O) groups excluding carboxylic acids is 1. The van der Waals surface area contributed by atoms with E-state index in [2.05, 4.69) is 12.2 Å². The van der Waals surface area contributed by atoms with Crippen LogP contribution in [0.2, 0.25) is 0 Å². The Morgan fingerprint density at radius 2 is 2.20 bits per heavy atom.